The van der Waals surface area contributed by atoms with Crippen LogP contribution >= 0.6 is 0 Å². The summed E-state index contributed by atoms with van der Waals surface area (Å²) >= 11 is 0. The molecule has 19 heavy (non-hydrogen) atoms. The number of carbonyl (C=O) groups is 1. The van der Waals surface area contributed by atoms with Crippen molar-refractivity contribution in [2.24, 2.45) is 0 Å². The molecule has 2 rings (SSSR count). The third kappa shape index (κ3) is 3.78. The van der Waals surface area contributed by atoms with Gasteiger partial charge in [-0.1, -0.05) is 6.07 Å². The standard InChI is InChI=1S/C13H17NO4S/c1-9(15)14-12-5-6-13-10(7-12)3-4-11(13)8-18-19(2,16)17/h5-7,11H,3-4,8H2,1-2H3,(H,14,15). The summed E-state index contributed by atoms with van der Waals surface area (Å²) in [5, 5.41) is 2.74. The van der Waals surface area contributed by atoms with Crippen LogP contribution in [-0.4, -0.2) is 27.2 Å². The maximum atomic E-state index is 11.0. The van der Waals surface area contributed by atoms with Crippen LogP contribution in [0, 0.1) is 0 Å². The largest absolute Gasteiger partial charge is 0.326 e. The lowest BCUT2D eigenvalue weighted by Gasteiger charge is -2.11. The summed E-state index contributed by atoms with van der Waals surface area (Å²) in [4.78, 5) is 11.0. The molecule has 1 N–H and O–H groups in total. The number of hydrogen-bond acceptors (Lipinski definition) is 4. The molecule has 104 valence electrons. The van der Waals surface area contributed by atoms with E-state index in [0.717, 1.165) is 35.9 Å². The van der Waals surface area contributed by atoms with E-state index >= 15 is 0 Å². The molecular formula is C13H17NO4S. The summed E-state index contributed by atoms with van der Waals surface area (Å²) in [5.41, 5.74) is 3.03. The van der Waals surface area contributed by atoms with Crippen molar-refractivity contribution >= 4 is 21.7 Å². The Hall–Kier alpha value is -1.40. The molecule has 0 aliphatic heterocycles. The summed E-state index contributed by atoms with van der Waals surface area (Å²) in [7, 11) is -3.40. The van der Waals surface area contributed by atoms with Crippen molar-refractivity contribution in [1.82, 2.24) is 0 Å². The minimum absolute atomic E-state index is 0.102. The maximum absolute atomic E-state index is 11.0. The van der Waals surface area contributed by atoms with Gasteiger partial charge in [-0.3, -0.25) is 8.98 Å². The van der Waals surface area contributed by atoms with Crippen LogP contribution in [0.25, 0.3) is 0 Å². The summed E-state index contributed by atoms with van der Waals surface area (Å²) in [6.45, 7) is 1.65. The van der Waals surface area contributed by atoms with Gasteiger partial charge in [0.1, 0.15) is 0 Å². The molecule has 1 aliphatic rings. The van der Waals surface area contributed by atoms with E-state index in [1.807, 2.05) is 18.2 Å². The molecular weight excluding hydrogens is 266 g/mol. The molecule has 1 atom stereocenters. The second-order valence-corrected chi connectivity index (χ2v) is 6.46. The predicted octanol–water partition coefficient (Wildman–Crippen LogP) is 1.65. The number of hydrogen-bond donors (Lipinski definition) is 1. The first-order valence-corrected chi connectivity index (χ1v) is 7.91. The molecule has 0 fully saturated rings. The van der Waals surface area contributed by atoms with Crippen LogP contribution in [0.5, 0.6) is 0 Å². The molecule has 0 saturated carbocycles. The van der Waals surface area contributed by atoms with E-state index in [-0.39, 0.29) is 18.4 Å². The number of anilines is 1. The lowest BCUT2D eigenvalue weighted by Crippen LogP contribution is -2.10. The fraction of sp³-hybridized carbons (Fsp3) is 0.462. The van der Waals surface area contributed by atoms with Crippen molar-refractivity contribution in [1.29, 1.82) is 0 Å². The number of aryl methyl sites for hydroxylation is 1. The van der Waals surface area contributed by atoms with Crippen LogP contribution < -0.4 is 5.32 Å². The van der Waals surface area contributed by atoms with Crippen LogP contribution in [0.2, 0.25) is 0 Å². The molecule has 0 saturated heterocycles. The molecule has 0 heterocycles. The van der Waals surface area contributed by atoms with E-state index in [9.17, 15) is 13.2 Å². The fourth-order valence-corrected chi connectivity index (χ4v) is 2.78. The highest BCUT2D eigenvalue weighted by Crippen LogP contribution is 2.35. The highest BCUT2D eigenvalue weighted by Gasteiger charge is 2.24. The smallest absolute Gasteiger partial charge is 0.264 e. The highest BCUT2D eigenvalue weighted by atomic mass is 32.2. The summed E-state index contributed by atoms with van der Waals surface area (Å²) < 4.78 is 26.9. The third-order valence-corrected chi connectivity index (χ3v) is 3.71. The zero-order valence-electron chi connectivity index (χ0n) is 11.0. The van der Waals surface area contributed by atoms with E-state index in [4.69, 9.17) is 4.18 Å². The van der Waals surface area contributed by atoms with Crippen LogP contribution in [0.15, 0.2) is 18.2 Å². The Morgan fingerprint density at radius 3 is 2.84 bits per heavy atom. The molecule has 1 amide bonds. The quantitative estimate of drug-likeness (QED) is 0.853. The van der Waals surface area contributed by atoms with Gasteiger partial charge in [0.25, 0.3) is 10.1 Å². The number of carbonyl (C=O) groups excluding carboxylic acids is 1. The lowest BCUT2D eigenvalue weighted by atomic mass is 10.0. The average molecular weight is 283 g/mol. The van der Waals surface area contributed by atoms with E-state index in [0.29, 0.717) is 0 Å². The Morgan fingerprint density at radius 2 is 2.21 bits per heavy atom. The summed E-state index contributed by atoms with van der Waals surface area (Å²) in [6.07, 6.45) is 2.80. The monoisotopic (exact) mass is 283 g/mol. The lowest BCUT2D eigenvalue weighted by molar-refractivity contribution is -0.114. The molecule has 0 radical (unpaired) electrons. The van der Waals surface area contributed by atoms with Crippen LogP contribution in [0.1, 0.15) is 30.4 Å². The number of benzene rings is 1. The first kappa shape index (κ1) is 14.0. The van der Waals surface area contributed by atoms with Gasteiger partial charge in [0.15, 0.2) is 0 Å². The Kier molecular flexibility index (Phi) is 3.91. The Morgan fingerprint density at radius 1 is 1.47 bits per heavy atom. The van der Waals surface area contributed by atoms with Gasteiger partial charge in [-0.2, -0.15) is 8.42 Å². The molecule has 6 heteroatoms. The Labute approximate surface area is 113 Å². The van der Waals surface area contributed by atoms with Gasteiger partial charge < -0.3 is 5.32 Å². The van der Waals surface area contributed by atoms with Crippen molar-refractivity contribution in [2.45, 2.75) is 25.7 Å². The van der Waals surface area contributed by atoms with Gasteiger partial charge >= 0.3 is 0 Å². The topological polar surface area (TPSA) is 72.5 Å². The highest BCUT2D eigenvalue weighted by molar-refractivity contribution is 7.85. The van der Waals surface area contributed by atoms with Crippen LogP contribution in [0.3, 0.4) is 0 Å². The van der Waals surface area contributed by atoms with Crippen molar-refractivity contribution in [2.75, 3.05) is 18.2 Å². The number of amides is 1. The van der Waals surface area contributed by atoms with Gasteiger partial charge in [-0.25, -0.2) is 0 Å². The fourth-order valence-electron chi connectivity index (χ4n) is 2.37. The van der Waals surface area contributed by atoms with Crippen LogP contribution in [0.4, 0.5) is 5.69 Å². The Balaban J connectivity index is 2.11. The van der Waals surface area contributed by atoms with Gasteiger partial charge in [0, 0.05) is 18.5 Å². The normalized spacial score (nSPS) is 18.1. The van der Waals surface area contributed by atoms with Gasteiger partial charge in [0.05, 0.1) is 12.9 Å². The van der Waals surface area contributed by atoms with E-state index in [2.05, 4.69) is 5.32 Å². The predicted molar refractivity (Wildman–Crippen MR) is 72.6 cm³/mol. The summed E-state index contributed by atoms with van der Waals surface area (Å²) in [5.74, 6) is 0.00556. The third-order valence-electron chi connectivity index (χ3n) is 3.15. The van der Waals surface area contributed by atoms with Crippen molar-refractivity contribution in [3.63, 3.8) is 0 Å². The minimum atomic E-state index is -3.40. The molecule has 1 aromatic rings. The second-order valence-electron chi connectivity index (χ2n) is 4.82. The van der Waals surface area contributed by atoms with Crippen molar-refractivity contribution in [3.05, 3.63) is 29.3 Å². The number of fused-ring (bicyclic) bond motifs is 1. The molecule has 1 unspecified atom stereocenters. The molecule has 0 aromatic heterocycles. The van der Waals surface area contributed by atoms with Gasteiger partial charge in [0.2, 0.25) is 5.91 Å². The molecule has 1 aromatic carbocycles. The maximum Gasteiger partial charge on any atom is 0.264 e. The molecule has 5 nitrogen and oxygen atoms in total. The van der Waals surface area contributed by atoms with Gasteiger partial charge in [-0.05, 0) is 36.1 Å². The van der Waals surface area contributed by atoms with E-state index in [1.54, 1.807) is 0 Å². The summed E-state index contributed by atoms with van der Waals surface area (Å²) in [6, 6.07) is 5.71. The molecule has 0 bridgehead atoms. The van der Waals surface area contributed by atoms with Crippen molar-refractivity contribution in [3.8, 4) is 0 Å². The first-order valence-electron chi connectivity index (χ1n) is 6.10. The van der Waals surface area contributed by atoms with Crippen molar-refractivity contribution < 1.29 is 17.4 Å². The SMILES string of the molecule is CC(=O)Nc1ccc2c(c1)CCC2COS(C)(=O)=O. The molecule has 1 aliphatic carbocycles. The number of rotatable bonds is 4. The Bertz CT molecular complexity index is 595. The average Bonchev–Trinajstić information content (AvgIpc) is 2.67. The van der Waals surface area contributed by atoms with Gasteiger partial charge in [-0.15, -0.1) is 0 Å². The zero-order valence-corrected chi connectivity index (χ0v) is 11.8. The number of nitrogens with one attached hydrogen (secondary N) is 1. The minimum Gasteiger partial charge on any atom is -0.326 e. The first-order chi connectivity index (χ1) is 8.85. The van der Waals surface area contributed by atoms with E-state index in [1.165, 1.54) is 6.92 Å². The van der Waals surface area contributed by atoms with E-state index < -0.39 is 10.1 Å². The second kappa shape index (κ2) is 5.30. The molecule has 0 spiro atoms. The zero-order chi connectivity index (χ0) is 14.0. The van der Waals surface area contributed by atoms with Crippen LogP contribution in [-0.2, 0) is 25.5 Å².